The smallest absolute Gasteiger partial charge is 0.317 e. The summed E-state index contributed by atoms with van der Waals surface area (Å²) in [4.78, 5) is 12.7. The summed E-state index contributed by atoms with van der Waals surface area (Å²) in [5, 5.41) is 9.38. The standard InChI is InChI=1S/C14H20ClNO4/c1-4-7-16(9-12(17)18)8-10-5-6-11(19-2)14(20-3)13(10)15/h5-6H,4,7-9H2,1-3H3,(H,17,18). The van der Waals surface area contributed by atoms with Crippen molar-refractivity contribution < 1.29 is 19.4 Å². The summed E-state index contributed by atoms with van der Waals surface area (Å²) in [6.45, 7) is 3.14. The van der Waals surface area contributed by atoms with E-state index in [9.17, 15) is 4.79 Å². The van der Waals surface area contributed by atoms with E-state index in [0.29, 0.717) is 29.6 Å². The fourth-order valence-corrected chi connectivity index (χ4v) is 2.31. The lowest BCUT2D eigenvalue weighted by molar-refractivity contribution is -0.138. The second-order valence-corrected chi connectivity index (χ2v) is 4.76. The maximum atomic E-state index is 10.9. The predicted octanol–water partition coefficient (Wildman–Crippen LogP) is 2.65. The molecule has 5 nitrogen and oxygen atoms in total. The first-order chi connectivity index (χ1) is 9.53. The number of hydrogen-bond acceptors (Lipinski definition) is 4. The van der Waals surface area contributed by atoms with Crippen molar-refractivity contribution in [1.29, 1.82) is 0 Å². The van der Waals surface area contributed by atoms with Gasteiger partial charge in [-0.05, 0) is 24.6 Å². The molecular weight excluding hydrogens is 282 g/mol. The van der Waals surface area contributed by atoms with Crippen molar-refractivity contribution in [3.63, 3.8) is 0 Å². The van der Waals surface area contributed by atoms with Crippen LogP contribution < -0.4 is 9.47 Å². The van der Waals surface area contributed by atoms with Crippen LogP contribution in [0.5, 0.6) is 11.5 Å². The van der Waals surface area contributed by atoms with Crippen LogP contribution in [0.25, 0.3) is 0 Å². The van der Waals surface area contributed by atoms with Gasteiger partial charge in [-0.1, -0.05) is 24.6 Å². The molecule has 1 aromatic rings. The zero-order valence-corrected chi connectivity index (χ0v) is 12.7. The van der Waals surface area contributed by atoms with Crippen molar-refractivity contribution in [2.45, 2.75) is 19.9 Å². The number of carboxylic acids is 1. The summed E-state index contributed by atoms with van der Waals surface area (Å²) < 4.78 is 10.4. The number of rotatable bonds is 8. The van der Waals surface area contributed by atoms with Crippen molar-refractivity contribution >= 4 is 17.6 Å². The van der Waals surface area contributed by atoms with Crippen molar-refractivity contribution in [2.75, 3.05) is 27.3 Å². The van der Waals surface area contributed by atoms with Gasteiger partial charge in [0.1, 0.15) is 0 Å². The van der Waals surface area contributed by atoms with Gasteiger partial charge >= 0.3 is 5.97 Å². The molecule has 1 rings (SSSR count). The zero-order valence-electron chi connectivity index (χ0n) is 12.0. The number of benzene rings is 1. The Hall–Kier alpha value is -1.46. The fourth-order valence-electron chi connectivity index (χ4n) is 2.01. The zero-order chi connectivity index (χ0) is 15.1. The van der Waals surface area contributed by atoms with Crippen molar-refractivity contribution in [1.82, 2.24) is 4.90 Å². The van der Waals surface area contributed by atoms with E-state index in [1.165, 1.54) is 7.11 Å². The highest BCUT2D eigenvalue weighted by Gasteiger charge is 2.16. The molecule has 6 heteroatoms. The number of carbonyl (C=O) groups is 1. The Morgan fingerprint density at radius 1 is 1.35 bits per heavy atom. The van der Waals surface area contributed by atoms with Crippen molar-refractivity contribution in [3.8, 4) is 11.5 Å². The van der Waals surface area contributed by atoms with E-state index in [-0.39, 0.29) is 6.54 Å². The van der Waals surface area contributed by atoms with Gasteiger partial charge < -0.3 is 14.6 Å². The second kappa shape index (κ2) is 7.97. The van der Waals surface area contributed by atoms with Crippen LogP contribution in [0.15, 0.2) is 12.1 Å². The molecule has 20 heavy (non-hydrogen) atoms. The lowest BCUT2D eigenvalue weighted by atomic mass is 10.1. The molecule has 1 N–H and O–H groups in total. The topological polar surface area (TPSA) is 59.0 Å². The van der Waals surface area contributed by atoms with E-state index in [1.54, 1.807) is 13.2 Å². The average Bonchev–Trinajstić information content (AvgIpc) is 2.40. The van der Waals surface area contributed by atoms with Gasteiger partial charge in [-0.2, -0.15) is 0 Å². The maximum Gasteiger partial charge on any atom is 0.317 e. The molecular formula is C14H20ClNO4. The first kappa shape index (κ1) is 16.6. The van der Waals surface area contributed by atoms with Crippen molar-refractivity contribution in [2.24, 2.45) is 0 Å². The SMILES string of the molecule is CCCN(CC(=O)O)Cc1ccc(OC)c(OC)c1Cl. The molecule has 0 aliphatic rings. The molecule has 0 bridgehead atoms. The Morgan fingerprint density at radius 3 is 2.55 bits per heavy atom. The first-order valence-corrected chi connectivity index (χ1v) is 6.74. The van der Waals surface area contributed by atoms with E-state index in [4.69, 9.17) is 26.2 Å². The monoisotopic (exact) mass is 301 g/mol. The summed E-state index contributed by atoms with van der Waals surface area (Å²) in [6, 6.07) is 3.60. The van der Waals surface area contributed by atoms with Crippen molar-refractivity contribution in [3.05, 3.63) is 22.7 Å². The normalized spacial score (nSPS) is 10.7. The third-order valence-electron chi connectivity index (χ3n) is 2.86. The highest BCUT2D eigenvalue weighted by molar-refractivity contribution is 6.33. The quantitative estimate of drug-likeness (QED) is 0.800. The van der Waals surface area contributed by atoms with Gasteiger partial charge in [-0.3, -0.25) is 9.69 Å². The number of ether oxygens (including phenoxy) is 2. The third-order valence-corrected chi connectivity index (χ3v) is 3.27. The summed E-state index contributed by atoms with van der Waals surface area (Å²) in [7, 11) is 3.07. The lowest BCUT2D eigenvalue weighted by Gasteiger charge is -2.21. The Labute approximate surface area is 124 Å². The van der Waals surface area contributed by atoms with Gasteiger partial charge in [-0.25, -0.2) is 0 Å². The highest BCUT2D eigenvalue weighted by atomic mass is 35.5. The highest BCUT2D eigenvalue weighted by Crippen LogP contribution is 2.37. The molecule has 0 spiro atoms. The van der Waals surface area contributed by atoms with Gasteiger partial charge in [0.25, 0.3) is 0 Å². The minimum Gasteiger partial charge on any atom is -0.493 e. The van der Waals surface area contributed by atoms with E-state index < -0.39 is 5.97 Å². The van der Waals surface area contributed by atoms with E-state index in [1.807, 2.05) is 17.9 Å². The molecule has 0 atom stereocenters. The Bertz CT molecular complexity index is 465. The molecule has 0 saturated carbocycles. The number of halogens is 1. The fraction of sp³-hybridized carbons (Fsp3) is 0.500. The van der Waals surface area contributed by atoms with Crippen LogP contribution in [0.4, 0.5) is 0 Å². The minimum atomic E-state index is -0.852. The molecule has 0 amide bonds. The van der Waals surface area contributed by atoms with Crippen LogP contribution in [-0.4, -0.2) is 43.3 Å². The van der Waals surface area contributed by atoms with E-state index in [0.717, 1.165) is 12.0 Å². The van der Waals surface area contributed by atoms with Crippen LogP contribution in [0.3, 0.4) is 0 Å². The minimum absolute atomic E-state index is 0.0154. The number of carboxylic acid groups (broad SMARTS) is 1. The van der Waals surface area contributed by atoms with Gasteiger partial charge in [-0.15, -0.1) is 0 Å². The molecule has 0 aliphatic carbocycles. The van der Waals surface area contributed by atoms with Gasteiger partial charge in [0, 0.05) is 6.54 Å². The largest absolute Gasteiger partial charge is 0.493 e. The number of aliphatic carboxylic acids is 1. The molecule has 0 unspecified atom stereocenters. The Balaban J connectivity index is 2.97. The molecule has 0 aliphatic heterocycles. The van der Waals surface area contributed by atoms with Crippen LogP contribution in [-0.2, 0) is 11.3 Å². The molecule has 0 aromatic heterocycles. The predicted molar refractivity (Wildman–Crippen MR) is 77.8 cm³/mol. The summed E-state index contributed by atoms with van der Waals surface area (Å²) in [6.07, 6.45) is 0.873. The van der Waals surface area contributed by atoms with Gasteiger partial charge in [0.2, 0.25) is 0 Å². The average molecular weight is 302 g/mol. The van der Waals surface area contributed by atoms with E-state index >= 15 is 0 Å². The van der Waals surface area contributed by atoms with Crippen LogP contribution in [0.1, 0.15) is 18.9 Å². The van der Waals surface area contributed by atoms with E-state index in [2.05, 4.69) is 0 Å². The summed E-state index contributed by atoms with van der Waals surface area (Å²) >= 11 is 6.29. The molecule has 0 saturated heterocycles. The summed E-state index contributed by atoms with van der Waals surface area (Å²) in [5.74, 6) is 0.176. The Morgan fingerprint density at radius 2 is 2.05 bits per heavy atom. The second-order valence-electron chi connectivity index (χ2n) is 4.38. The van der Waals surface area contributed by atoms with Crippen LogP contribution in [0.2, 0.25) is 5.02 Å². The molecule has 0 heterocycles. The van der Waals surface area contributed by atoms with Gasteiger partial charge in [0.05, 0.1) is 25.8 Å². The molecule has 0 fully saturated rings. The van der Waals surface area contributed by atoms with Gasteiger partial charge in [0.15, 0.2) is 11.5 Å². The summed E-state index contributed by atoms with van der Waals surface area (Å²) in [5.41, 5.74) is 0.819. The number of hydrogen-bond donors (Lipinski definition) is 1. The maximum absolute atomic E-state index is 10.9. The van der Waals surface area contributed by atoms with Crippen LogP contribution >= 0.6 is 11.6 Å². The first-order valence-electron chi connectivity index (χ1n) is 6.37. The Kier molecular flexibility index (Phi) is 6.61. The van der Waals surface area contributed by atoms with Crippen LogP contribution in [0, 0.1) is 0 Å². The molecule has 1 aromatic carbocycles. The number of methoxy groups -OCH3 is 2. The molecule has 112 valence electrons. The molecule has 0 radical (unpaired) electrons. The number of nitrogens with zero attached hydrogens (tertiary/aromatic N) is 1. The lowest BCUT2D eigenvalue weighted by Crippen LogP contribution is -2.30. The third kappa shape index (κ3) is 4.28.